The average molecular weight is 139 g/mol. The standard InChI is InChI=1S/C8H13NO/c1-2-7(10)6-8(9)4-3-5-8/h2H,1,3-6,9H2. The van der Waals surface area contributed by atoms with Crippen LogP contribution < -0.4 is 5.73 Å². The third-order valence-corrected chi connectivity index (χ3v) is 2.10. The molecule has 1 rings (SSSR count). The Bertz CT molecular complexity index is 159. The highest BCUT2D eigenvalue weighted by Crippen LogP contribution is 2.32. The molecule has 1 saturated carbocycles. The van der Waals surface area contributed by atoms with Gasteiger partial charge < -0.3 is 5.73 Å². The van der Waals surface area contributed by atoms with E-state index in [1.165, 1.54) is 12.5 Å². The molecule has 2 nitrogen and oxygen atoms in total. The lowest BCUT2D eigenvalue weighted by Crippen LogP contribution is -2.47. The zero-order valence-corrected chi connectivity index (χ0v) is 6.10. The Kier molecular flexibility index (Phi) is 1.90. The lowest BCUT2D eigenvalue weighted by molar-refractivity contribution is -0.116. The van der Waals surface area contributed by atoms with Crippen LogP contribution >= 0.6 is 0 Å². The number of carbonyl (C=O) groups excluding carboxylic acids is 1. The summed E-state index contributed by atoms with van der Waals surface area (Å²) in [6.07, 6.45) is 4.99. The molecule has 2 heteroatoms. The van der Waals surface area contributed by atoms with Crippen LogP contribution in [0.4, 0.5) is 0 Å². The van der Waals surface area contributed by atoms with Crippen LogP contribution in [-0.4, -0.2) is 11.3 Å². The number of carbonyl (C=O) groups is 1. The van der Waals surface area contributed by atoms with Crippen molar-refractivity contribution in [3.63, 3.8) is 0 Å². The molecule has 0 aromatic heterocycles. The minimum absolute atomic E-state index is 0.0715. The SMILES string of the molecule is C=CC(=O)CC1(N)CCC1. The van der Waals surface area contributed by atoms with Gasteiger partial charge in [-0.25, -0.2) is 0 Å². The number of nitrogens with two attached hydrogens (primary N) is 1. The second-order valence-corrected chi connectivity index (χ2v) is 3.06. The number of ketones is 1. The molecule has 0 aliphatic heterocycles. The van der Waals surface area contributed by atoms with E-state index >= 15 is 0 Å². The summed E-state index contributed by atoms with van der Waals surface area (Å²) in [7, 11) is 0. The maximum atomic E-state index is 10.8. The predicted octanol–water partition coefficient (Wildman–Crippen LogP) is 1.01. The van der Waals surface area contributed by atoms with Crippen molar-refractivity contribution >= 4 is 5.78 Å². The zero-order chi connectivity index (χ0) is 7.61. The third kappa shape index (κ3) is 1.45. The first kappa shape index (κ1) is 7.48. The van der Waals surface area contributed by atoms with Crippen LogP contribution in [0.5, 0.6) is 0 Å². The molecule has 0 spiro atoms. The summed E-state index contributed by atoms with van der Waals surface area (Å²) in [6.45, 7) is 3.40. The predicted molar refractivity (Wildman–Crippen MR) is 40.6 cm³/mol. The van der Waals surface area contributed by atoms with Crippen LogP contribution in [0.25, 0.3) is 0 Å². The van der Waals surface area contributed by atoms with Crippen molar-refractivity contribution in [3.05, 3.63) is 12.7 Å². The van der Waals surface area contributed by atoms with E-state index in [1.54, 1.807) is 0 Å². The summed E-state index contributed by atoms with van der Waals surface area (Å²) in [5.41, 5.74) is 5.64. The first-order valence-electron chi connectivity index (χ1n) is 3.60. The highest BCUT2D eigenvalue weighted by molar-refractivity contribution is 5.90. The van der Waals surface area contributed by atoms with E-state index in [2.05, 4.69) is 6.58 Å². The lowest BCUT2D eigenvalue weighted by Gasteiger charge is -2.37. The Morgan fingerprint density at radius 1 is 1.70 bits per heavy atom. The van der Waals surface area contributed by atoms with E-state index in [4.69, 9.17) is 5.73 Å². The molecule has 0 amide bonds. The number of hydrogen-bond donors (Lipinski definition) is 1. The van der Waals surface area contributed by atoms with Gasteiger partial charge in [0, 0.05) is 12.0 Å². The summed E-state index contributed by atoms with van der Waals surface area (Å²) >= 11 is 0. The Balaban J connectivity index is 2.36. The molecule has 0 atom stereocenters. The number of rotatable bonds is 3. The fraction of sp³-hybridized carbons (Fsp3) is 0.625. The Morgan fingerprint density at radius 2 is 2.30 bits per heavy atom. The van der Waals surface area contributed by atoms with E-state index in [9.17, 15) is 4.79 Å². The molecule has 56 valence electrons. The van der Waals surface area contributed by atoms with Gasteiger partial charge in [-0.15, -0.1) is 0 Å². The number of hydrogen-bond acceptors (Lipinski definition) is 2. The van der Waals surface area contributed by atoms with Crippen LogP contribution in [0.1, 0.15) is 25.7 Å². The normalized spacial score (nSPS) is 21.3. The first-order valence-corrected chi connectivity index (χ1v) is 3.60. The van der Waals surface area contributed by atoms with Gasteiger partial charge in [-0.3, -0.25) is 4.79 Å². The molecular formula is C8H13NO. The summed E-state index contributed by atoms with van der Waals surface area (Å²) in [4.78, 5) is 10.8. The molecule has 0 aromatic carbocycles. The fourth-order valence-electron chi connectivity index (χ4n) is 1.23. The van der Waals surface area contributed by atoms with Gasteiger partial charge in [0.2, 0.25) is 0 Å². The number of allylic oxidation sites excluding steroid dienone is 1. The molecule has 1 fully saturated rings. The van der Waals surface area contributed by atoms with Crippen LogP contribution in [-0.2, 0) is 4.79 Å². The van der Waals surface area contributed by atoms with Crippen molar-refractivity contribution in [3.8, 4) is 0 Å². The van der Waals surface area contributed by atoms with E-state index in [0.29, 0.717) is 6.42 Å². The molecule has 1 aliphatic rings. The van der Waals surface area contributed by atoms with Crippen LogP contribution in [0.3, 0.4) is 0 Å². The van der Waals surface area contributed by atoms with Gasteiger partial charge in [0.25, 0.3) is 0 Å². The van der Waals surface area contributed by atoms with Gasteiger partial charge in [-0.2, -0.15) is 0 Å². The van der Waals surface area contributed by atoms with E-state index in [1.807, 2.05) is 0 Å². The first-order chi connectivity index (χ1) is 4.66. The Morgan fingerprint density at radius 3 is 2.60 bits per heavy atom. The second kappa shape index (κ2) is 2.54. The smallest absolute Gasteiger partial charge is 0.156 e. The minimum Gasteiger partial charge on any atom is -0.325 e. The second-order valence-electron chi connectivity index (χ2n) is 3.06. The van der Waals surface area contributed by atoms with Crippen molar-refractivity contribution in [2.24, 2.45) is 5.73 Å². The topological polar surface area (TPSA) is 43.1 Å². The van der Waals surface area contributed by atoms with Crippen molar-refractivity contribution in [1.82, 2.24) is 0 Å². The summed E-state index contributed by atoms with van der Waals surface area (Å²) in [5.74, 6) is 0.0715. The highest BCUT2D eigenvalue weighted by Gasteiger charge is 2.33. The third-order valence-electron chi connectivity index (χ3n) is 2.10. The fourth-order valence-corrected chi connectivity index (χ4v) is 1.23. The van der Waals surface area contributed by atoms with Crippen molar-refractivity contribution in [2.75, 3.05) is 0 Å². The lowest BCUT2D eigenvalue weighted by atomic mass is 9.74. The van der Waals surface area contributed by atoms with Crippen molar-refractivity contribution in [2.45, 2.75) is 31.2 Å². The Labute approximate surface area is 61.1 Å². The maximum absolute atomic E-state index is 10.8. The van der Waals surface area contributed by atoms with Crippen LogP contribution in [0.15, 0.2) is 12.7 Å². The molecule has 10 heavy (non-hydrogen) atoms. The molecular weight excluding hydrogens is 126 g/mol. The quantitative estimate of drug-likeness (QED) is 0.593. The van der Waals surface area contributed by atoms with Crippen LogP contribution in [0, 0.1) is 0 Å². The zero-order valence-electron chi connectivity index (χ0n) is 6.10. The Hall–Kier alpha value is -0.630. The molecule has 0 unspecified atom stereocenters. The molecule has 0 heterocycles. The molecule has 2 N–H and O–H groups in total. The molecule has 0 aromatic rings. The average Bonchev–Trinajstić information content (AvgIpc) is 1.84. The molecule has 0 bridgehead atoms. The van der Waals surface area contributed by atoms with Gasteiger partial charge >= 0.3 is 0 Å². The maximum Gasteiger partial charge on any atom is 0.156 e. The van der Waals surface area contributed by atoms with Gasteiger partial charge in [0.05, 0.1) is 0 Å². The van der Waals surface area contributed by atoms with E-state index in [0.717, 1.165) is 12.8 Å². The van der Waals surface area contributed by atoms with E-state index in [-0.39, 0.29) is 11.3 Å². The van der Waals surface area contributed by atoms with Crippen molar-refractivity contribution < 1.29 is 4.79 Å². The van der Waals surface area contributed by atoms with E-state index < -0.39 is 0 Å². The molecule has 0 saturated heterocycles. The van der Waals surface area contributed by atoms with Gasteiger partial charge in [0.15, 0.2) is 5.78 Å². The highest BCUT2D eigenvalue weighted by atomic mass is 16.1. The summed E-state index contributed by atoms with van der Waals surface area (Å²) in [6, 6.07) is 0. The largest absolute Gasteiger partial charge is 0.325 e. The van der Waals surface area contributed by atoms with Crippen LogP contribution in [0.2, 0.25) is 0 Å². The van der Waals surface area contributed by atoms with Gasteiger partial charge in [-0.05, 0) is 25.3 Å². The summed E-state index contributed by atoms with van der Waals surface area (Å²) in [5, 5.41) is 0. The van der Waals surface area contributed by atoms with Gasteiger partial charge in [-0.1, -0.05) is 6.58 Å². The molecule has 0 radical (unpaired) electrons. The molecule has 1 aliphatic carbocycles. The monoisotopic (exact) mass is 139 g/mol. The van der Waals surface area contributed by atoms with Crippen molar-refractivity contribution in [1.29, 1.82) is 0 Å². The van der Waals surface area contributed by atoms with Gasteiger partial charge in [0.1, 0.15) is 0 Å². The summed E-state index contributed by atoms with van der Waals surface area (Å²) < 4.78 is 0. The minimum atomic E-state index is -0.175.